The van der Waals surface area contributed by atoms with E-state index >= 15 is 0 Å². The van der Waals surface area contributed by atoms with Crippen molar-refractivity contribution in [3.05, 3.63) is 95.9 Å². The van der Waals surface area contributed by atoms with Crippen molar-refractivity contribution in [3.8, 4) is 33.5 Å². The van der Waals surface area contributed by atoms with Crippen molar-refractivity contribution >= 4 is 0 Å². The molecule has 0 saturated carbocycles. The standard InChI is InChI=1S/C25H22N2/c1-17-6-8-20(9-7-17)22-15-18(2)24(19(3)16-22)23-5-4-12-27-25(23)21-10-13-26-14-11-21/h4-16H,1-3H3. The van der Waals surface area contributed by atoms with Crippen molar-refractivity contribution in [2.75, 3.05) is 0 Å². The van der Waals surface area contributed by atoms with E-state index in [0.717, 1.165) is 16.8 Å². The van der Waals surface area contributed by atoms with Crippen molar-refractivity contribution in [2.24, 2.45) is 0 Å². The molecule has 2 heterocycles. The van der Waals surface area contributed by atoms with E-state index in [0.29, 0.717) is 0 Å². The van der Waals surface area contributed by atoms with Gasteiger partial charge in [0.1, 0.15) is 0 Å². The largest absolute Gasteiger partial charge is 0.265 e. The van der Waals surface area contributed by atoms with E-state index < -0.39 is 0 Å². The van der Waals surface area contributed by atoms with Crippen LogP contribution in [0.2, 0.25) is 0 Å². The topological polar surface area (TPSA) is 25.8 Å². The second kappa shape index (κ2) is 7.16. The summed E-state index contributed by atoms with van der Waals surface area (Å²) < 4.78 is 0. The van der Waals surface area contributed by atoms with E-state index in [4.69, 9.17) is 0 Å². The summed E-state index contributed by atoms with van der Waals surface area (Å²) >= 11 is 0. The maximum Gasteiger partial charge on any atom is 0.0781 e. The fourth-order valence-corrected chi connectivity index (χ4v) is 3.65. The highest BCUT2D eigenvalue weighted by atomic mass is 14.7. The fourth-order valence-electron chi connectivity index (χ4n) is 3.65. The van der Waals surface area contributed by atoms with Gasteiger partial charge in [0, 0.05) is 29.7 Å². The van der Waals surface area contributed by atoms with Gasteiger partial charge in [0.05, 0.1) is 5.69 Å². The molecular formula is C25H22N2. The summed E-state index contributed by atoms with van der Waals surface area (Å²) in [5, 5.41) is 0. The van der Waals surface area contributed by atoms with Crippen LogP contribution < -0.4 is 0 Å². The van der Waals surface area contributed by atoms with Crippen LogP contribution in [-0.2, 0) is 0 Å². The summed E-state index contributed by atoms with van der Waals surface area (Å²) in [4.78, 5) is 8.80. The Bertz CT molecular complexity index is 1060. The van der Waals surface area contributed by atoms with Crippen LogP contribution in [0.5, 0.6) is 0 Å². The predicted octanol–water partition coefficient (Wildman–Crippen LogP) is 6.40. The first-order valence-electron chi connectivity index (χ1n) is 9.17. The molecule has 2 nitrogen and oxygen atoms in total. The third-order valence-electron chi connectivity index (χ3n) is 4.95. The number of rotatable bonds is 3. The van der Waals surface area contributed by atoms with Crippen LogP contribution in [0.3, 0.4) is 0 Å². The molecule has 0 bridgehead atoms. The highest BCUT2D eigenvalue weighted by Gasteiger charge is 2.14. The van der Waals surface area contributed by atoms with Gasteiger partial charge >= 0.3 is 0 Å². The van der Waals surface area contributed by atoms with Gasteiger partial charge in [-0.1, -0.05) is 48.0 Å². The highest BCUT2D eigenvalue weighted by Crippen LogP contribution is 2.36. The minimum atomic E-state index is 0.995. The SMILES string of the molecule is Cc1ccc(-c2cc(C)c(-c3cccnc3-c3ccncc3)c(C)c2)cc1. The summed E-state index contributed by atoms with van der Waals surface area (Å²) in [5.74, 6) is 0. The van der Waals surface area contributed by atoms with Crippen LogP contribution >= 0.6 is 0 Å². The van der Waals surface area contributed by atoms with E-state index in [1.54, 1.807) is 0 Å². The molecule has 0 radical (unpaired) electrons. The number of aryl methyl sites for hydroxylation is 3. The monoisotopic (exact) mass is 350 g/mol. The van der Waals surface area contributed by atoms with Crippen LogP contribution in [0.15, 0.2) is 79.3 Å². The number of benzene rings is 2. The summed E-state index contributed by atoms with van der Waals surface area (Å²) in [6.07, 6.45) is 5.48. The molecule has 4 aromatic rings. The molecule has 2 heteroatoms. The Kier molecular flexibility index (Phi) is 4.55. The number of nitrogens with zero attached hydrogens (tertiary/aromatic N) is 2. The van der Waals surface area contributed by atoms with Crippen molar-refractivity contribution in [2.45, 2.75) is 20.8 Å². The molecule has 0 spiro atoms. The molecule has 132 valence electrons. The first-order valence-corrected chi connectivity index (χ1v) is 9.17. The molecule has 0 N–H and O–H groups in total. The molecule has 27 heavy (non-hydrogen) atoms. The third-order valence-corrected chi connectivity index (χ3v) is 4.95. The molecule has 0 aliphatic rings. The summed E-state index contributed by atoms with van der Waals surface area (Å²) in [6.45, 7) is 6.49. The van der Waals surface area contributed by atoms with Crippen molar-refractivity contribution in [1.82, 2.24) is 9.97 Å². The first-order chi connectivity index (χ1) is 13.1. The second-order valence-corrected chi connectivity index (χ2v) is 6.99. The molecular weight excluding hydrogens is 328 g/mol. The summed E-state index contributed by atoms with van der Waals surface area (Å²) in [6, 6.07) is 21.4. The minimum absolute atomic E-state index is 0.995. The van der Waals surface area contributed by atoms with E-state index in [2.05, 4.69) is 73.2 Å². The lowest BCUT2D eigenvalue weighted by molar-refractivity contribution is 1.28. The van der Waals surface area contributed by atoms with E-state index in [9.17, 15) is 0 Å². The Balaban J connectivity index is 1.86. The molecule has 0 unspecified atom stereocenters. The third kappa shape index (κ3) is 3.39. The maximum atomic E-state index is 4.67. The molecule has 0 aliphatic carbocycles. The van der Waals surface area contributed by atoms with Gasteiger partial charge in [-0.2, -0.15) is 0 Å². The number of hydrogen-bond donors (Lipinski definition) is 0. The number of aromatic nitrogens is 2. The molecule has 0 atom stereocenters. The van der Waals surface area contributed by atoms with Crippen molar-refractivity contribution in [3.63, 3.8) is 0 Å². The Morgan fingerprint density at radius 2 is 1.30 bits per heavy atom. The molecule has 0 aliphatic heterocycles. The van der Waals surface area contributed by atoms with Gasteiger partial charge in [-0.3, -0.25) is 9.97 Å². The van der Waals surface area contributed by atoms with Crippen LogP contribution in [0, 0.1) is 20.8 Å². The zero-order valence-electron chi connectivity index (χ0n) is 15.9. The van der Waals surface area contributed by atoms with Crippen LogP contribution in [-0.4, -0.2) is 9.97 Å². The lowest BCUT2D eigenvalue weighted by atomic mass is 9.89. The van der Waals surface area contributed by atoms with E-state index in [1.807, 2.05) is 36.8 Å². The van der Waals surface area contributed by atoms with Gasteiger partial charge < -0.3 is 0 Å². The average Bonchev–Trinajstić information content (AvgIpc) is 2.69. The summed E-state index contributed by atoms with van der Waals surface area (Å²) in [7, 11) is 0. The average molecular weight is 350 g/mol. The van der Waals surface area contributed by atoms with Gasteiger partial charge in [0.25, 0.3) is 0 Å². The summed E-state index contributed by atoms with van der Waals surface area (Å²) in [5.41, 5.74) is 10.8. The first kappa shape index (κ1) is 17.2. The van der Waals surface area contributed by atoms with Gasteiger partial charge in [0.2, 0.25) is 0 Å². The van der Waals surface area contributed by atoms with E-state index in [-0.39, 0.29) is 0 Å². The van der Waals surface area contributed by atoms with Gasteiger partial charge in [-0.25, -0.2) is 0 Å². The lowest BCUT2D eigenvalue weighted by Crippen LogP contribution is -1.95. The van der Waals surface area contributed by atoms with Crippen LogP contribution in [0.25, 0.3) is 33.5 Å². The Hall–Kier alpha value is -3.26. The zero-order chi connectivity index (χ0) is 18.8. The second-order valence-electron chi connectivity index (χ2n) is 6.99. The van der Waals surface area contributed by atoms with Gasteiger partial charge in [-0.15, -0.1) is 0 Å². The Morgan fingerprint density at radius 3 is 1.96 bits per heavy atom. The molecule has 2 aromatic carbocycles. The predicted molar refractivity (Wildman–Crippen MR) is 113 cm³/mol. The minimum Gasteiger partial charge on any atom is -0.265 e. The van der Waals surface area contributed by atoms with E-state index in [1.165, 1.54) is 33.4 Å². The lowest BCUT2D eigenvalue weighted by Gasteiger charge is -2.16. The van der Waals surface area contributed by atoms with Gasteiger partial charge in [0.15, 0.2) is 0 Å². The zero-order valence-corrected chi connectivity index (χ0v) is 15.9. The Morgan fingerprint density at radius 1 is 0.630 bits per heavy atom. The van der Waals surface area contributed by atoms with Gasteiger partial charge in [-0.05, 0) is 66.8 Å². The fraction of sp³-hybridized carbons (Fsp3) is 0.120. The number of hydrogen-bond acceptors (Lipinski definition) is 2. The smallest absolute Gasteiger partial charge is 0.0781 e. The van der Waals surface area contributed by atoms with Crippen molar-refractivity contribution < 1.29 is 0 Å². The normalized spacial score (nSPS) is 10.8. The molecule has 4 rings (SSSR count). The molecule has 0 saturated heterocycles. The maximum absolute atomic E-state index is 4.67. The van der Waals surface area contributed by atoms with Crippen molar-refractivity contribution in [1.29, 1.82) is 0 Å². The quantitative estimate of drug-likeness (QED) is 0.427. The van der Waals surface area contributed by atoms with Crippen LogP contribution in [0.1, 0.15) is 16.7 Å². The molecule has 0 fully saturated rings. The molecule has 0 amide bonds. The molecule has 2 aromatic heterocycles. The number of pyridine rings is 2. The van der Waals surface area contributed by atoms with Crippen LogP contribution in [0.4, 0.5) is 0 Å². The highest BCUT2D eigenvalue weighted by molar-refractivity contribution is 5.85. The Labute approximate surface area is 160 Å².